The predicted octanol–water partition coefficient (Wildman–Crippen LogP) is 3.93. The molecule has 0 bridgehead atoms. The van der Waals surface area contributed by atoms with Crippen LogP contribution in [0.25, 0.3) is 0 Å². The van der Waals surface area contributed by atoms with Crippen molar-refractivity contribution < 1.29 is 4.79 Å². The largest absolute Gasteiger partial charge is 0.297 e. The van der Waals surface area contributed by atoms with Crippen LogP contribution in [-0.4, -0.2) is 30.3 Å². The van der Waals surface area contributed by atoms with E-state index < -0.39 is 0 Å². The molecule has 0 spiro atoms. The first-order valence-electron chi connectivity index (χ1n) is 8.12. The number of aryl methyl sites for hydroxylation is 2. The van der Waals surface area contributed by atoms with Crippen LogP contribution in [0.3, 0.4) is 0 Å². The van der Waals surface area contributed by atoms with Crippen molar-refractivity contribution in [2.75, 3.05) is 14.1 Å². The Balaban J connectivity index is 2.25. The van der Waals surface area contributed by atoms with Crippen LogP contribution in [-0.2, 0) is 11.2 Å². The van der Waals surface area contributed by atoms with Crippen molar-refractivity contribution in [3.05, 3.63) is 34.9 Å². The van der Waals surface area contributed by atoms with Gasteiger partial charge in [0, 0.05) is 6.42 Å². The van der Waals surface area contributed by atoms with E-state index in [2.05, 4.69) is 58.0 Å². The molecule has 2 heteroatoms. The summed E-state index contributed by atoms with van der Waals surface area (Å²) in [6.45, 7) is 6.48. The molecular weight excluding hydrogens is 258 g/mol. The quantitative estimate of drug-likeness (QED) is 0.836. The number of benzene rings is 1. The Bertz CT molecular complexity index is 520. The van der Waals surface area contributed by atoms with Gasteiger partial charge in [-0.15, -0.1) is 0 Å². The summed E-state index contributed by atoms with van der Waals surface area (Å²) in [5, 5.41) is 0. The molecule has 1 fully saturated rings. The normalized spacial score (nSPS) is 26.1. The maximum atomic E-state index is 13.1. The van der Waals surface area contributed by atoms with E-state index in [-0.39, 0.29) is 5.54 Å². The average Bonchev–Trinajstić information content (AvgIpc) is 2.42. The van der Waals surface area contributed by atoms with Crippen molar-refractivity contribution in [3.63, 3.8) is 0 Å². The predicted molar refractivity (Wildman–Crippen MR) is 88.7 cm³/mol. The van der Waals surface area contributed by atoms with Crippen LogP contribution in [0.5, 0.6) is 0 Å². The summed E-state index contributed by atoms with van der Waals surface area (Å²) in [7, 11) is 4.14. The maximum Gasteiger partial charge on any atom is 0.157 e. The highest BCUT2D eigenvalue weighted by atomic mass is 16.1. The number of ketones is 1. The van der Waals surface area contributed by atoms with E-state index in [0.29, 0.717) is 18.1 Å². The average molecular weight is 287 g/mol. The monoisotopic (exact) mass is 287 g/mol. The molecule has 1 saturated carbocycles. The van der Waals surface area contributed by atoms with Gasteiger partial charge >= 0.3 is 0 Å². The van der Waals surface area contributed by atoms with E-state index in [9.17, 15) is 4.79 Å². The van der Waals surface area contributed by atoms with E-state index >= 15 is 0 Å². The third-order valence-corrected chi connectivity index (χ3v) is 5.20. The summed E-state index contributed by atoms with van der Waals surface area (Å²) in [6.07, 6.45) is 5.00. The zero-order valence-electron chi connectivity index (χ0n) is 14.2. The molecule has 1 aromatic rings. The molecule has 0 saturated heterocycles. The number of Topliss-reactive ketones (excluding diaryl/α,β-unsaturated/α-hetero) is 1. The van der Waals surface area contributed by atoms with Crippen LogP contribution >= 0.6 is 0 Å². The number of nitrogens with zero attached hydrogens (tertiary/aromatic N) is 1. The van der Waals surface area contributed by atoms with Crippen LogP contribution in [0.2, 0.25) is 0 Å². The summed E-state index contributed by atoms with van der Waals surface area (Å²) in [5.74, 6) is 1.04. The van der Waals surface area contributed by atoms with E-state index in [0.717, 1.165) is 19.3 Å². The van der Waals surface area contributed by atoms with Gasteiger partial charge in [0.05, 0.1) is 5.54 Å². The highest BCUT2D eigenvalue weighted by molar-refractivity contribution is 5.90. The van der Waals surface area contributed by atoms with Crippen LogP contribution in [0, 0.1) is 19.8 Å². The molecule has 2 rings (SSSR count). The lowest BCUT2D eigenvalue weighted by atomic mass is 9.72. The van der Waals surface area contributed by atoms with Gasteiger partial charge in [0.1, 0.15) is 0 Å². The Labute approximate surface area is 129 Å². The molecule has 0 aliphatic heterocycles. The Morgan fingerprint density at radius 2 is 2.05 bits per heavy atom. The molecule has 1 aliphatic carbocycles. The van der Waals surface area contributed by atoms with E-state index in [1.165, 1.54) is 23.1 Å². The van der Waals surface area contributed by atoms with Crippen molar-refractivity contribution in [2.24, 2.45) is 5.92 Å². The fourth-order valence-corrected chi connectivity index (χ4v) is 3.76. The molecule has 2 atom stereocenters. The maximum absolute atomic E-state index is 13.1. The Hall–Kier alpha value is -1.15. The minimum absolute atomic E-state index is 0.256. The number of rotatable bonds is 4. The van der Waals surface area contributed by atoms with Crippen molar-refractivity contribution in [3.8, 4) is 0 Å². The fourth-order valence-electron chi connectivity index (χ4n) is 3.76. The van der Waals surface area contributed by atoms with Gasteiger partial charge in [0.25, 0.3) is 0 Å². The summed E-state index contributed by atoms with van der Waals surface area (Å²) < 4.78 is 0. The zero-order chi connectivity index (χ0) is 15.6. The van der Waals surface area contributed by atoms with Crippen LogP contribution in [0.4, 0.5) is 0 Å². The SMILES string of the molecule is Cc1ccc(C)c(CC(=O)C2(N(C)C)CCCC(C)C2)c1. The number of carbonyl (C=O) groups is 1. The van der Waals surface area contributed by atoms with Gasteiger partial charge in [-0.05, 0) is 57.8 Å². The fraction of sp³-hybridized carbons (Fsp3) is 0.632. The minimum atomic E-state index is -0.256. The molecule has 2 unspecified atom stereocenters. The van der Waals surface area contributed by atoms with Crippen LogP contribution < -0.4 is 0 Å². The first-order chi connectivity index (χ1) is 9.85. The molecular formula is C19H29NO. The van der Waals surface area contributed by atoms with Crippen LogP contribution in [0.1, 0.15) is 49.3 Å². The molecule has 0 radical (unpaired) electrons. The molecule has 1 aromatic carbocycles. The van der Waals surface area contributed by atoms with Gasteiger partial charge in [-0.3, -0.25) is 9.69 Å². The molecule has 116 valence electrons. The minimum Gasteiger partial charge on any atom is -0.297 e. The Morgan fingerprint density at radius 1 is 1.33 bits per heavy atom. The first kappa shape index (κ1) is 16.2. The zero-order valence-corrected chi connectivity index (χ0v) is 14.2. The van der Waals surface area contributed by atoms with Gasteiger partial charge in [0.2, 0.25) is 0 Å². The second-order valence-electron chi connectivity index (χ2n) is 7.16. The number of hydrogen-bond acceptors (Lipinski definition) is 2. The lowest BCUT2D eigenvalue weighted by Crippen LogP contribution is -2.54. The van der Waals surface area contributed by atoms with Crippen LogP contribution in [0.15, 0.2) is 18.2 Å². The molecule has 0 heterocycles. The second kappa shape index (κ2) is 6.31. The highest BCUT2D eigenvalue weighted by Gasteiger charge is 2.42. The van der Waals surface area contributed by atoms with E-state index in [4.69, 9.17) is 0 Å². The van der Waals surface area contributed by atoms with Gasteiger partial charge in [0.15, 0.2) is 5.78 Å². The summed E-state index contributed by atoms with van der Waals surface area (Å²) in [6, 6.07) is 6.42. The van der Waals surface area contributed by atoms with Crippen molar-refractivity contribution in [1.82, 2.24) is 4.90 Å². The first-order valence-corrected chi connectivity index (χ1v) is 8.12. The van der Waals surface area contributed by atoms with E-state index in [1.54, 1.807) is 0 Å². The third-order valence-electron chi connectivity index (χ3n) is 5.20. The summed E-state index contributed by atoms with van der Waals surface area (Å²) in [5.41, 5.74) is 3.40. The van der Waals surface area contributed by atoms with E-state index in [1.807, 2.05) is 0 Å². The molecule has 0 amide bonds. The second-order valence-corrected chi connectivity index (χ2v) is 7.16. The van der Waals surface area contributed by atoms with Crippen molar-refractivity contribution >= 4 is 5.78 Å². The Kier molecular flexibility index (Phi) is 4.88. The summed E-state index contributed by atoms with van der Waals surface area (Å²) in [4.78, 5) is 15.3. The van der Waals surface area contributed by atoms with Crippen molar-refractivity contribution in [2.45, 2.75) is 58.4 Å². The highest BCUT2D eigenvalue weighted by Crippen LogP contribution is 2.37. The molecule has 1 aliphatic rings. The number of carbonyl (C=O) groups excluding carboxylic acids is 1. The summed E-state index contributed by atoms with van der Waals surface area (Å²) >= 11 is 0. The van der Waals surface area contributed by atoms with Gasteiger partial charge in [-0.2, -0.15) is 0 Å². The number of likely N-dealkylation sites (N-methyl/N-ethyl adjacent to an activating group) is 1. The number of hydrogen-bond donors (Lipinski definition) is 0. The molecule has 0 aromatic heterocycles. The molecule has 0 N–H and O–H groups in total. The third kappa shape index (κ3) is 3.37. The van der Waals surface area contributed by atoms with Gasteiger partial charge < -0.3 is 0 Å². The lowest BCUT2D eigenvalue weighted by Gasteiger charge is -2.44. The smallest absolute Gasteiger partial charge is 0.157 e. The Morgan fingerprint density at radius 3 is 2.67 bits per heavy atom. The van der Waals surface area contributed by atoms with Gasteiger partial charge in [-0.25, -0.2) is 0 Å². The standard InChI is InChI=1S/C19H29NO/c1-14-8-9-16(3)17(11-14)12-18(21)19(20(4)5)10-6-7-15(2)13-19/h8-9,11,15H,6-7,10,12-13H2,1-5H3. The van der Waals surface area contributed by atoms with Gasteiger partial charge in [-0.1, -0.05) is 43.5 Å². The lowest BCUT2D eigenvalue weighted by molar-refractivity contribution is -0.132. The van der Waals surface area contributed by atoms with Crippen molar-refractivity contribution in [1.29, 1.82) is 0 Å². The topological polar surface area (TPSA) is 20.3 Å². The molecule has 2 nitrogen and oxygen atoms in total. The molecule has 21 heavy (non-hydrogen) atoms.